The highest BCUT2D eigenvalue weighted by molar-refractivity contribution is 5.87. The Kier molecular flexibility index (Phi) is 2.85. The average Bonchev–Trinajstić information content (AvgIpc) is 2.17. The van der Waals surface area contributed by atoms with E-state index in [1.165, 1.54) is 11.8 Å². The molecule has 0 radical (unpaired) electrons. The van der Waals surface area contributed by atoms with E-state index in [1.54, 1.807) is 0 Å². The van der Waals surface area contributed by atoms with Crippen LogP contribution in [0.5, 0.6) is 0 Å². The van der Waals surface area contributed by atoms with Gasteiger partial charge in [-0.25, -0.2) is 0 Å². The molecule has 2 heteroatoms. The second kappa shape index (κ2) is 3.90. The lowest BCUT2D eigenvalue weighted by atomic mass is 10.1. The third kappa shape index (κ3) is 2.18. The quantitative estimate of drug-likeness (QED) is 0.664. The number of rotatable bonds is 2. The number of hydrogen-bond acceptors (Lipinski definition) is 2. The molecular weight excluding hydrogens is 160 g/mol. The third-order valence-corrected chi connectivity index (χ3v) is 2.00. The number of nitrogens with two attached hydrogens (primary N) is 1. The summed E-state index contributed by atoms with van der Waals surface area (Å²) in [7, 11) is 0. The zero-order valence-corrected chi connectivity index (χ0v) is 7.96. The molecule has 0 fully saturated rings. The molecule has 0 bridgehead atoms. The minimum Gasteiger partial charge on any atom is -0.398 e. The Morgan fingerprint density at radius 1 is 1.31 bits per heavy atom. The fourth-order valence-corrected chi connectivity index (χ4v) is 1.04. The lowest BCUT2D eigenvalue weighted by molar-refractivity contribution is 1.40. The van der Waals surface area contributed by atoms with Crippen LogP contribution in [0.1, 0.15) is 18.1 Å². The van der Waals surface area contributed by atoms with Crippen LogP contribution in [0.2, 0.25) is 0 Å². The van der Waals surface area contributed by atoms with Crippen molar-refractivity contribution >= 4 is 11.9 Å². The molecule has 0 saturated heterocycles. The molecule has 0 saturated carbocycles. The van der Waals surface area contributed by atoms with E-state index in [1.807, 2.05) is 38.1 Å². The molecule has 0 heterocycles. The molecule has 1 aromatic carbocycles. The van der Waals surface area contributed by atoms with Crippen molar-refractivity contribution < 1.29 is 0 Å². The minimum absolute atomic E-state index is 0.676. The Balaban J connectivity index is 3.09. The van der Waals surface area contributed by atoms with Gasteiger partial charge < -0.3 is 11.1 Å². The van der Waals surface area contributed by atoms with E-state index in [0.29, 0.717) is 5.70 Å². The molecule has 0 aliphatic rings. The lowest BCUT2D eigenvalue weighted by Gasteiger charge is -2.03. The van der Waals surface area contributed by atoms with E-state index < -0.39 is 0 Å². The van der Waals surface area contributed by atoms with Gasteiger partial charge in [-0.2, -0.15) is 0 Å². The molecule has 13 heavy (non-hydrogen) atoms. The fraction of sp³-hybridized carbons (Fsp3) is 0.182. The summed E-state index contributed by atoms with van der Waals surface area (Å²) in [5, 5.41) is 7.07. The molecule has 2 nitrogen and oxygen atoms in total. The molecule has 0 spiro atoms. The van der Waals surface area contributed by atoms with Gasteiger partial charge in [0.1, 0.15) is 0 Å². The average molecular weight is 174 g/mol. The van der Waals surface area contributed by atoms with Gasteiger partial charge in [0.2, 0.25) is 0 Å². The maximum Gasteiger partial charge on any atom is 0.0432 e. The first kappa shape index (κ1) is 9.52. The molecule has 68 valence electrons. The van der Waals surface area contributed by atoms with Crippen LogP contribution < -0.4 is 5.73 Å². The Hall–Kier alpha value is -1.57. The van der Waals surface area contributed by atoms with Crippen LogP contribution in [0.4, 0.5) is 0 Å². The van der Waals surface area contributed by atoms with Crippen molar-refractivity contribution in [2.45, 2.75) is 13.8 Å². The summed E-state index contributed by atoms with van der Waals surface area (Å²) >= 11 is 0. The standard InChI is InChI=1S/C11H14N2/c1-8-3-5-10(6-4-8)11(13)9(2)7-12/h3-7,12H,13H2,1-2H3/b11-9-,12-7?. The molecule has 3 N–H and O–H groups in total. The molecule has 0 atom stereocenters. The molecule has 0 aromatic heterocycles. The summed E-state index contributed by atoms with van der Waals surface area (Å²) in [4.78, 5) is 0. The van der Waals surface area contributed by atoms with Gasteiger partial charge in [0.25, 0.3) is 0 Å². The molecular formula is C11H14N2. The highest BCUT2D eigenvalue weighted by Crippen LogP contribution is 2.12. The molecule has 1 aromatic rings. The van der Waals surface area contributed by atoms with Gasteiger partial charge in [-0.3, -0.25) is 0 Å². The Morgan fingerprint density at radius 3 is 2.31 bits per heavy atom. The predicted molar refractivity (Wildman–Crippen MR) is 56.7 cm³/mol. The van der Waals surface area contributed by atoms with Gasteiger partial charge in [-0.15, -0.1) is 0 Å². The van der Waals surface area contributed by atoms with Gasteiger partial charge in [0.05, 0.1) is 0 Å². The number of allylic oxidation sites excluding steroid dienone is 1. The third-order valence-electron chi connectivity index (χ3n) is 2.00. The molecule has 0 aliphatic carbocycles. The van der Waals surface area contributed by atoms with Crippen LogP contribution in [-0.2, 0) is 0 Å². The van der Waals surface area contributed by atoms with Gasteiger partial charge in [-0.1, -0.05) is 29.8 Å². The summed E-state index contributed by atoms with van der Waals surface area (Å²) < 4.78 is 0. The summed E-state index contributed by atoms with van der Waals surface area (Å²) in [5.41, 5.74) is 9.49. The number of aryl methyl sites for hydroxylation is 1. The topological polar surface area (TPSA) is 49.9 Å². The first-order chi connectivity index (χ1) is 6.15. The second-order valence-corrected chi connectivity index (χ2v) is 3.11. The maximum atomic E-state index is 7.07. The summed E-state index contributed by atoms with van der Waals surface area (Å²) in [6.45, 7) is 3.87. The van der Waals surface area contributed by atoms with E-state index in [0.717, 1.165) is 11.1 Å². The Morgan fingerprint density at radius 2 is 1.85 bits per heavy atom. The van der Waals surface area contributed by atoms with Gasteiger partial charge in [-0.05, 0) is 25.0 Å². The summed E-state index contributed by atoms with van der Waals surface area (Å²) in [5.74, 6) is 0. The molecule has 0 aliphatic heterocycles. The highest BCUT2D eigenvalue weighted by Gasteiger charge is 1.98. The smallest absolute Gasteiger partial charge is 0.0432 e. The number of benzene rings is 1. The van der Waals surface area contributed by atoms with Crippen LogP contribution in [0.15, 0.2) is 29.8 Å². The Bertz CT molecular complexity index is 334. The van der Waals surface area contributed by atoms with Crippen molar-refractivity contribution in [2.24, 2.45) is 5.73 Å². The minimum atomic E-state index is 0.676. The van der Waals surface area contributed by atoms with Crippen molar-refractivity contribution in [2.75, 3.05) is 0 Å². The SMILES string of the molecule is C/C(C=N)=C(/N)c1ccc(C)cc1. The van der Waals surface area contributed by atoms with Crippen LogP contribution in [0.3, 0.4) is 0 Å². The van der Waals surface area contributed by atoms with E-state index in [4.69, 9.17) is 11.1 Å². The monoisotopic (exact) mass is 174 g/mol. The Labute approximate surface area is 78.6 Å². The zero-order valence-electron chi connectivity index (χ0n) is 7.96. The van der Waals surface area contributed by atoms with Crippen molar-refractivity contribution in [3.05, 3.63) is 41.0 Å². The van der Waals surface area contributed by atoms with Crippen molar-refractivity contribution in [1.29, 1.82) is 5.41 Å². The van der Waals surface area contributed by atoms with Crippen molar-refractivity contribution in [3.8, 4) is 0 Å². The normalized spacial score (nSPS) is 12.2. The molecule has 0 unspecified atom stereocenters. The predicted octanol–water partition coefficient (Wildman–Crippen LogP) is 2.33. The fourth-order valence-electron chi connectivity index (χ4n) is 1.04. The second-order valence-electron chi connectivity index (χ2n) is 3.11. The largest absolute Gasteiger partial charge is 0.398 e. The number of hydrogen-bond donors (Lipinski definition) is 2. The van der Waals surface area contributed by atoms with E-state index in [9.17, 15) is 0 Å². The van der Waals surface area contributed by atoms with Gasteiger partial charge in [0.15, 0.2) is 0 Å². The number of nitrogens with one attached hydrogen (secondary N) is 1. The molecule has 1 rings (SSSR count). The van der Waals surface area contributed by atoms with Crippen LogP contribution in [0.25, 0.3) is 5.70 Å². The van der Waals surface area contributed by atoms with E-state index in [2.05, 4.69) is 0 Å². The van der Waals surface area contributed by atoms with Crippen LogP contribution in [-0.4, -0.2) is 6.21 Å². The van der Waals surface area contributed by atoms with E-state index >= 15 is 0 Å². The summed E-state index contributed by atoms with van der Waals surface area (Å²) in [6.07, 6.45) is 1.27. The van der Waals surface area contributed by atoms with Gasteiger partial charge >= 0.3 is 0 Å². The molecule has 0 amide bonds. The first-order valence-electron chi connectivity index (χ1n) is 4.19. The zero-order chi connectivity index (χ0) is 9.84. The van der Waals surface area contributed by atoms with E-state index in [-0.39, 0.29) is 0 Å². The van der Waals surface area contributed by atoms with Crippen LogP contribution in [0, 0.1) is 12.3 Å². The van der Waals surface area contributed by atoms with Crippen molar-refractivity contribution in [3.63, 3.8) is 0 Å². The first-order valence-corrected chi connectivity index (χ1v) is 4.19. The van der Waals surface area contributed by atoms with Crippen LogP contribution >= 0.6 is 0 Å². The maximum absolute atomic E-state index is 7.07. The van der Waals surface area contributed by atoms with Crippen molar-refractivity contribution in [1.82, 2.24) is 0 Å². The summed E-state index contributed by atoms with van der Waals surface area (Å²) in [6, 6.07) is 7.97. The van der Waals surface area contributed by atoms with Gasteiger partial charge in [0, 0.05) is 11.9 Å². The highest BCUT2D eigenvalue weighted by atomic mass is 14.6. The lowest BCUT2D eigenvalue weighted by Crippen LogP contribution is -2.00.